The number of methoxy groups -OCH3 is 1. The third kappa shape index (κ3) is 6.43. The second kappa shape index (κ2) is 10.1. The van der Waals surface area contributed by atoms with Crippen LogP contribution in [0, 0.1) is 5.41 Å². The van der Waals surface area contributed by atoms with Crippen LogP contribution in [0.25, 0.3) is 0 Å². The van der Waals surface area contributed by atoms with E-state index in [1.54, 1.807) is 0 Å². The minimum atomic E-state index is -4.55. The van der Waals surface area contributed by atoms with E-state index in [1.807, 2.05) is 0 Å². The molecule has 0 saturated carbocycles. The van der Waals surface area contributed by atoms with Crippen LogP contribution in [0.2, 0.25) is 0 Å². The van der Waals surface area contributed by atoms with Crippen molar-refractivity contribution >= 4 is 56.2 Å². The second-order valence-corrected chi connectivity index (χ2v) is 10.8. The number of amides is 2. The predicted molar refractivity (Wildman–Crippen MR) is 120 cm³/mol. The van der Waals surface area contributed by atoms with E-state index in [1.165, 1.54) is 33.1 Å². The first kappa shape index (κ1) is 27.9. The molecule has 4 N–H and O–H groups in total. The van der Waals surface area contributed by atoms with Gasteiger partial charge in [-0.15, -0.1) is 11.3 Å². The van der Waals surface area contributed by atoms with Gasteiger partial charge in [-0.2, -0.15) is 8.42 Å². The molecule has 0 radical (unpaired) electrons. The number of nitrogen functional groups attached to an aromatic ring is 1. The van der Waals surface area contributed by atoms with Crippen LogP contribution < -0.4 is 11.1 Å². The number of carboxylic acid groups (broad SMARTS) is 1. The summed E-state index contributed by atoms with van der Waals surface area (Å²) in [6.07, 6.45) is 0. The fraction of sp³-hybridized carbons (Fsp3) is 0.556. The van der Waals surface area contributed by atoms with Crippen LogP contribution >= 0.6 is 11.3 Å². The number of hydrogen-bond donors (Lipinski definition) is 3. The molecule has 2 rings (SSSR count). The van der Waals surface area contributed by atoms with E-state index in [0.29, 0.717) is 4.31 Å². The van der Waals surface area contributed by atoms with Gasteiger partial charge in [0.05, 0.1) is 25.7 Å². The van der Waals surface area contributed by atoms with Gasteiger partial charge in [0.1, 0.15) is 11.7 Å². The van der Waals surface area contributed by atoms with Crippen molar-refractivity contribution in [3.8, 4) is 0 Å². The lowest BCUT2D eigenvalue weighted by molar-refractivity contribution is -0.161. The van der Waals surface area contributed by atoms with Crippen molar-refractivity contribution in [3.63, 3.8) is 0 Å². The first-order valence-corrected chi connectivity index (χ1v) is 12.1. The normalized spacial score (nSPS) is 16.9. The number of thiazole rings is 1. The van der Waals surface area contributed by atoms with E-state index in [9.17, 15) is 27.6 Å². The number of anilines is 1. The number of oxime groups is 1. The number of nitrogens with one attached hydrogen (secondary N) is 1. The maximum atomic E-state index is 12.8. The summed E-state index contributed by atoms with van der Waals surface area (Å²) in [4.78, 5) is 57.0. The molecule has 1 aromatic heterocycles. The quantitative estimate of drug-likeness (QED) is 0.136. The van der Waals surface area contributed by atoms with Gasteiger partial charge in [0.2, 0.25) is 5.60 Å². The Morgan fingerprint density at radius 1 is 1.34 bits per heavy atom. The van der Waals surface area contributed by atoms with Crippen molar-refractivity contribution in [2.24, 2.45) is 10.6 Å². The summed E-state index contributed by atoms with van der Waals surface area (Å²) in [5.41, 5.74) is 1.97. The summed E-state index contributed by atoms with van der Waals surface area (Å²) in [6, 6.07) is -1.26. The Labute approximate surface area is 204 Å². The Kier molecular flexibility index (Phi) is 8.08. The van der Waals surface area contributed by atoms with Crippen molar-refractivity contribution in [3.05, 3.63) is 11.1 Å². The largest absolute Gasteiger partial charge is 0.478 e. The third-order valence-electron chi connectivity index (χ3n) is 4.63. The summed E-state index contributed by atoms with van der Waals surface area (Å²) >= 11 is 0.974. The lowest BCUT2D eigenvalue weighted by Crippen LogP contribution is -2.66. The number of carboxylic acids is 1. The number of ether oxygens (including phenoxy) is 1. The van der Waals surface area contributed by atoms with Gasteiger partial charge in [-0.05, 0) is 27.7 Å². The Hall–Kier alpha value is -3.31. The van der Waals surface area contributed by atoms with Crippen LogP contribution in [0.1, 0.15) is 33.4 Å². The molecule has 2 amide bonds. The zero-order chi connectivity index (χ0) is 26.8. The topological polar surface area (TPSA) is 217 Å². The van der Waals surface area contributed by atoms with Gasteiger partial charge in [-0.25, -0.2) is 14.1 Å². The molecule has 194 valence electrons. The Bertz CT molecular complexity index is 1160. The highest BCUT2D eigenvalue weighted by Gasteiger charge is 2.47. The molecule has 35 heavy (non-hydrogen) atoms. The van der Waals surface area contributed by atoms with Crippen LogP contribution in [0.3, 0.4) is 0 Å². The first-order valence-electron chi connectivity index (χ1n) is 9.83. The fourth-order valence-electron chi connectivity index (χ4n) is 2.35. The maximum Gasteiger partial charge on any atom is 0.364 e. The molecule has 0 aliphatic carbocycles. The molecule has 1 aromatic rings. The van der Waals surface area contributed by atoms with Gasteiger partial charge in [0.15, 0.2) is 10.8 Å². The van der Waals surface area contributed by atoms with Crippen molar-refractivity contribution in [1.29, 1.82) is 0 Å². The Morgan fingerprint density at radius 3 is 2.46 bits per heavy atom. The SMILES string of the molecule is COC(=O)C(C)(C)COS(=O)(=O)N1C[C@H](NC(=O)/C(=N/OC(C)(C)C(=O)O)c2csc(N)n2)C1=O. The summed E-state index contributed by atoms with van der Waals surface area (Å²) in [5.74, 6) is -4.06. The number of carbonyl (C=O) groups excluding carboxylic acids is 3. The first-order chi connectivity index (χ1) is 16.0. The van der Waals surface area contributed by atoms with E-state index in [4.69, 9.17) is 19.9 Å². The summed E-state index contributed by atoms with van der Waals surface area (Å²) < 4.78 is 34.4. The predicted octanol–water partition coefficient (Wildman–Crippen LogP) is -0.903. The maximum absolute atomic E-state index is 12.8. The average Bonchev–Trinajstić information content (AvgIpc) is 3.19. The number of nitrogens with zero attached hydrogens (tertiary/aromatic N) is 3. The third-order valence-corrected chi connectivity index (χ3v) is 6.59. The highest BCUT2D eigenvalue weighted by atomic mass is 32.2. The molecule has 1 aliphatic rings. The fourth-order valence-corrected chi connectivity index (χ4v) is 4.15. The molecule has 15 nitrogen and oxygen atoms in total. The molecule has 17 heteroatoms. The van der Waals surface area contributed by atoms with Gasteiger partial charge in [-0.3, -0.25) is 18.6 Å². The molecular weight excluding hydrogens is 510 g/mol. The van der Waals surface area contributed by atoms with Crippen LogP contribution in [-0.2, 0) is 43.2 Å². The van der Waals surface area contributed by atoms with Crippen LogP contribution in [-0.4, -0.2) is 84.2 Å². The smallest absolute Gasteiger partial charge is 0.364 e. The standard InChI is InChI=1S/C18H25N5O10S2/c1-17(2,15(28)31-5)8-32-35(29,30)23-6-9(13(23)25)20-12(24)11(10-7-34-16(19)21-10)22-33-18(3,4)14(26)27/h7,9H,6,8H2,1-5H3,(H2,19,21)(H,20,24)(H,26,27)/b22-11+/t9-/m0/s1. The molecule has 0 bridgehead atoms. The molecule has 1 aliphatic heterocycles. The number of esters is 1. The van der Waals surface area contributed by atoms with Gasteiger partial charge >= 0.3 is 22.2 Å². The summed E-state index contributed by atoms with van der Waals surface area (Å²) in [7, 11) is -3.41. The lowest BCUT2D eigenvalue weighted by atomic mass is 9.95. The minimum Gasteiger partial charge on any atom is -0.478 e. The van der Waals surface area contributed by atoms with Gasteiger partial charge < -0.3 is 25.7 Å². The average molecular weight is 536 g/mol. The lowest BCUT2D eigenvalue weighted by Gasteiger charge is -2.37. The van der Waals surface area contributed by atoms with Gasteiger partial charge in [-0.1, -0.05) is 5.16 Å². The number of carbonyl (C=O) groups is 4. The minimum absolute atomic E-state index is 0.0455. The highest BCUT2D eigenvalue weighted by molar-refractivity contribution is 7.85. The van der Waals surface area contributed by atoms with E-state index in [-0.39, 0.29) is 10.8 Å². The number of hydrogen-bond acceptors (Lipinski definition) is 13. The van der Waals surface area contributed by atoms with E-state index < -0.39 is 70.0 Å². The number of rotatable bonds is 11. The number of β-lactam (4-membered cyclic amide) rings is 1. The van der Waals surface area contributed by atoms with Crippen LogP contribution in [0.5, 0.6) is 0 Å². The van der Waals surface area contributed by atoms with E-state index in [2.05, 4.69) is 20.2 Å². The summed E-state index contributed by atoms with van der Waals surface area (Å²) in [5, 5.41) is 16.5. The van der Waals surface area contributed by atoms with Crippen molar-refractivity contribution in [1.82, 2.24) is 14.6 Å². The zero-order valence-electron chi connectivity index (χ0n) is 19.4. The Morgan fingerprint density at radius 2 is 1.97 bits per heavy atom. The van der Waals surface area contributed by atoms with Crippen LogP contribution in [0.15, 0.2) is 10.5 Å². The van der Waals surface area contributed by atoms with Gasteiger partial charge in [0, 0.05) is 5.38 Å². The van der Waals surface area contributed by atoms with Crippen LogP contribution in [0.4, 0.5) is 5.13 Å². The number of aliphatic carboxylic acids is 1. The molecular formula is C18H25N5O10S2. The van der Waals surface area contributed by atoms with Gasteiger partial charge in [0.25, 0.3) is 11.8 Å². The zero-order valence-corrected chi connectivity index (χ0v) is 21.1. The monoisotopic (exact) mass is 535 g/mol. The molecule has 1 saturated heterocycles. The van der Waals surface area contributed by atoms with E-state index >= 15 is 0 Å². The molecule has 0 aromatic carbocycles. The molecule has 1 fully saturated rings. The summed E-state index contributed by atoms with van der Waals surface area (Å²) in [6.45, 7) is 4.15. The highest BCUT2D eigenvalue weighted by Crippen LogP contribution is 2.23. The van der Waals surface area contributed by atoms with Crippen molar-refractivity contribution in [2.75, 3.05) is 26.0 Å². The molecule has 0 unspecified atom stereocenters. The number of aromatic nitrogens is 1. The van der Waals surface area contributed by atoms with Crippen molar-refractivity contribution in [2.45, 2.75) is 39.3 Å². The molecule has 2 heterocycles. The van der Waals surface area contributed by atoms with Crippen molar-refractivity contribution < 1.29 is 46.5 Å². The second-order valence-electron chi connectivity index (χ2n) is 8.41. The number of nitrogens with two attached hydrogens (primary N) is 1. The van der Waals surface area contributed by atoms with E-state index in [0.717, 1.165) is 18.4 Å². The Balaban J connectivity index is 2.10. The molecule has 0 spiro atoms. The molecule has 1 atom stereocenters.